The number of aromatic nitrogens is 2. The van der Waals surface area contributed by atoms with E-state index < -0.39 is 42.2 Å². The third-order valence-corrected chi connectivity index (χ3v) is 6.49. The number of halogens is 6. The van der Waals surface area contributed by atoms with E-state index in [9.17, 15) is 36.2 Å². The highest BCUT2D eigenvalue weighted by Crippen LogP contribution is 2.46. The van der Waals surface area contributed by atoms with Crippen LogP contribution < -0.4 is 14.8 Å². The van der Waals surface area contributed by atoms with E-state index in [0.717, 1.165) is 31.0 Å². The molecule has 3 aromatic rings. The summed E-state index contributed by atoms with van der Waals surface area (Å²) in [5.74, 6) is -1.78. The standard InChI is InChI=1S/C26H27F6N3O4/c1-14-8-16(12-24(2,3)11-14)35-20-10-21(38-13-25(27,28)29)18(22(36)37)9-19(20)34-23(35)33-15-4-6-17(7-5-15)39-26(30,31)32/h4-7,9-10,14,16H,8,11-13H2,1-3H3,(H,33,34)(H,36,37)/t14-,16+/m0/s1. The molecule has 1 aliphatic carbocycles. The van der Waals surface area contributed by atoms with E-state index in [2.05, 4.69) is 35.8 Å². The SMILES string of the molecule is C[C@H]1C[C@@H](n2c(Nc3ccc(OC(F)(F)F)cc3)nc3cc(C(=O)O)c(OCC(F)(F)F)cc32)CC(C)(C)C1. The number of carbonyl (C=O) groups is 1. The molecule has 1 aromatic heterocycles. The highest BCUT2D eigenvalue weighted by molar-refractivity contribution is 5.96. The molecule has 212 valence electrons. The molecular weight excluding hydrogens is 532 g/mol. The molecule has 2 aromatic carbocycles. The Morgan fingerprint density at radius 2 is 1.79 bits per heavy atom. The first-order valence-corrected chi connectivity index (χ1v) is 12.1. The molecular formula is C26H27F6N3O4. The molecule has 1 heterocycles. The van der Waals surface area contributed by atoms with Gasteiger partial charge in [0.15, 0.2) is 6.61 Å². The molecule has 0 unspecified atom stereocenters. The van der Waals surface area contributed by atoms with Crippen molar-refractivity contribution in [2.24, 2.45) is 11.3 Å². The van der Waals surface area contributed by atoms with Gasteiger partial charge in [-0.05, 0) is 60.9 Å². The Morgan fingerprint density at radius 1 is 1.13 bits per heavy atom. The van der Waals surface area contributed by atoms with Crippen LogP contribution in [-0.2, 0) is 0 Å². The Bertz CT molecular complexity index is 1350. The number of hydrogen-bond acceptors (Lipinski definition) is 5. The summed E-state index contributed by atoms with van der Waals surface area (Å²) < 4.78 is 86.8. The van der Waals surface area contributed by atoms with Crippen LogP contribution >= 0.6 is 0 Å². The van der Waals surface area contributed by atoms with E-state index in [4.69, 9.17) is 4.74 Å². The molecule has 0 saturated heterocycles. The third-order valence-electron chi connectivity index (χ3n) is 6.49. The maximum Gasteiger partial charge on any atom is 0.573 e. The predicted octanol–water partition coefficient (Wildman–Crippen LogP) is 7.71. The number of nitrogens with one attached hydrogen (secondary N) is 1. The maximum absolute atomic E-state index is 12.9. The number of anilines is 2. The van der Waals surface area contributed by atoms with Gasteiger partial charge in [0, 0.05) is 17.8 Å². The van der Waals surface area contributed by atoms with Gasteiger partial charge in [0.1, 0.15) is 17.1 Å². The minimum atomic E-state index is -4.85. The first-order chi connectivity index (χ1) is 18.0. The molecule has 0 aliphatic heterocycles. The van der Waals surface area contributed by atoms with Crippen LogP contribution in [0.3, 0.4) is 0 Å². The summed E-state index contributed by atoms with van der Waals surface area (Å²) in [5.41, 5.74) is 0.405. The van der Waals surface area contributed by atoms with E-state index >= 15 is 0 Å². The zero-order valence-corrected chi connectivity index (χ0v) is 21.3. The highest BCUT2D eigenvalue weighted by atomic mass is 19.4. The number of alkyl halides is 6. The van der Waals surface area contributed by atoms with Gasteiger partial charge in [0.2, 0.25) is 5.95 Å². The van der Waals surface area contributed by atoms with Gasteiger partial charge in [0.25, 0.3) is 0 Å². The normalized spacial score (nSPS) is 19.6. The van der Waals surface area contributed by atoms with Gasteiger partial charge in [-0.25, -0.2) is 9.78 Å². The van der Waals surface area contributed by atoms with Crippen LogP contribution in [0, 0.1) is 11.3 Å². The molecule has 7 nitrogen and oxygen atoms in total. The maximum atomic E-state index is 12.9. The summed E-state index contributed by atoms with van der Waals surface area (Å²) in [7, 11) is 0. The van der Waals surface area contributed by atoms with Crippen molar-refractivity contribution < 1.29 is 45.7 Å². The number of carboxylic acid groups (broad SMARTS) is 1. The van der Waals surface area contributed by atoms with Crippen molar-refractivity contribution in [3.63, 3.8) is 0 Å². The van der Waals surface area contributed by atoms with E-state index in [0.29, 0.717) is 23.5 Å². The molecule has 0 spiro atoms. The zero-order chi connectivity index (χ0) is 28.8. The summed E-state index contributed by atoms with van der Waals surface area (Å²) in [6.45, 7) is 4.65. The van der Waals surface area contributed by atoms with E-state index in [1.807, 2.05) is 0 Å². The van der Waals surface area contributed by atoms with Crippen molar-refractivity contribution in [2.45, 2.75) is 58.6 Å². The van der Waals surface area contributed by atoms with E-state index in [1.54, 1.807) is 4.57 Å². The third kappa shape index (κ3) is 7.07. The summed E-state index contributed by atoms with van der Waals surface area (Å²) in [6.07, 6.45) is -7.14. The lowest BCUT2D eigenvalue weighted by Crippen LogP contribution is -2.29. The number of imidazole rings is 1. The highest BCUT2D eigenvalue weighted by Gasteiger charge is 2.36. The Kier molecular flexibility index (Phi) is 7.39. The number of nitrogens with zero attached hydrogens (tertiary/aromatic N) is 2. The average molecular weight is 560 g/mol. The smallest absolute Gasteiger partial charge is 0.483 e. The van der Waals surface area contributed by atoms with Crippen LogP contribution in [-0.4, -0.2) is 39.8 Å². The first kappa shape index (κ1) is 28.4. The van der Waals surface area contributed by atoms with Gasteiger partial charge in [-0.2, -0.15) is 13.2 Å². The lowest BCUT2D eigenvalue weighted by molar-refractivity contribution is -0.274. The van der Waals surface area contributed by atoms with Gasteiger partial charge in [0.05, 0.1) is 11.0 Å². The number of aromatic carboxylic acids is 1. The van der Waals surface area contributed by atoms with Crippen LogP contribution in [0.4, 0.5) is 38.0 Å². The Hall–Kier alpha value is -3.64. The molecule has 1 aliphatic rings. The van der Waals surface area contributed by atoms with Crippen LogP contribution in [0.1, 0.15) is 56.4 Å². The molecule has 1 saturated carbocycles. The molecule has 2 N–H and O–H groups in total. The largest absolute Gasteiger partial charge is 0.573 e. The summed E-state index contributed by atoms with van der Waals surface area (Å²) in [4.78, 5) is 16.4. The molecule has 0 amide bonds. The van der Waals surface area contributed by atoms with Crippen molar-refractivity contribution in [1.82, 2.24) is 9.55 Å². The van der Waals surface area contributed by atoms with Crippen LogP contribution in [0.2, 0.25) is 0 Å². The fourth-order valence-electron chi connectivity index (χ4n) is 5.39. The minimum absolute atomic E-state index is 0.0661. The number of benzene rings is 2. The fraction of sp³-hybridized carbons (Fsp3) is 0.462. The summed E-state index contributed by atoms with van der Waals surface area (Å²) in [6, 6.07) is 7.21. The van der Waals surface area contributed by atoms with Crippen LogP contribution in [0.25, 0.3) is 11.0 Å². The first-order valence-electron chi connectivity index (χ1n) is 12.1. The van der Waals surface area contributed by atoms with Crippen molar-refractivity contribution in [3.8, 4) is 11.5 Å². The lowest BCUT2D eigenvalue weighted by atomic mass is 9.70. The van der Waals surface area contributed by atoms with Gasteiger partial charge in [-0.1, -0.05) is 20.8 Å². The number of rotatable bonds is 7. The Morgan fingerprint density at radius 3 is 2.36 bits per heavy atom. The fourth-order valence-corrected chi connectivity index (χ4v) is 5.39. The molecule has 0 radical (unpaired) electrons. The number of hydrogen-bond donors (Lipinski definition) is 2. The monoisotopic (exact) mass is 559 g/mol. The van der Waals surface area contributed by atoms with E-state index in [1.165, 1.54) is 18.2 Å². The molecule has 2 atom stereocenters. The van der Waals surface area contributed by atoms with Crippen molar-refractivity contribution in [1.29, 1.82) is 0 Å². The number of carboxylic acids is 1. The lowest BCUT2D eigenvalue weighted by Gasteiger charge is -2.40. The van der Waals surface area contributed by atoms with Crippen LogP contribution in [0.15, 0.2) is 36.4 Å². The van der Waals surface area contributed by atoms with E-state index in [-0.39, 0.29) is 22.9 Å². The Balaban J connectivity index is 1.81. The summed E-state index contributed by atoms with van der Waals surface area (Å²) >= 11 is 0. The molecule has 13 heteroatoms. The zero-order valence-electron chi connectivity index (χ0n) is 21.3. The topological polar surface area (TPSA) is 85.6 Å². The van der Waals surface area contributed by atoms with Crippen molar-refractivity contribution in [3.05, 3.63) is 42.0 Å². The average Bonchev–Trinajstić information content (AvgIpc) is 3.12. The number of fused-ring (bicyclic) bond motifs is 1. The second-order valence-corrected chi connectivity index (χ2v) is 10.6. The minimum Gasteiger partial charge on any atom is -0.483 e. The second kappa shape index (κ2) is 10.2. The van der Waals surface area contributed by atoms with Gasteiger partial charge >= 0.3 is 18.5 Å². The summed E-state index contributed by atoms with van der Waals surface area (Å²) in [5, 5.41) is 12.7. The van der Waals surface area contributed by atoms with Gasteiger partial charge < -0.3 is 24.5 Å². The number of ether oxygens (including phenoxy) is 2. The van der Waals surface area contributed by atoms with Crippen molar-refractivity contribution in [2.75, 3.05) is 11.9 Å². The quantitative estimate of drug-likeness (QED) is 0.289. The molecule has 39 heavy (non-hydrogen) atoms. The Labute approximate surface area is 219 Å². The second-order valence-electron chi connectivity index (χ2n) is 10.6. The van der Waals surface area contributed by atoms with Crippen molar-refractivity contribution >= 4 is 28.6 Å². The molecule has 1 fully saturated rings. The predicted molar refractivity (Wildman–Crippen MR) is 130 cm³/mol. The van der Waals surface area contributed by atoms with Gasteiger partial charge in [-0.15, -0.1) is 13.2 Å². The molecule has 4 rings (SSSR count). The molecule has 0 bridgehead atoms. The van der Waals surface area contributed by atoms with Gasteiger partial charge in [-0.3, -0.25) is 0 Å². The van der Waals surface area contributed by atoms with Crippen LogP contribution in [0.5, 0.6) is 11.5 Å².